The van der Waals surface area contributed by atoms with E-state index in [1.165, 1.54) is 18.9 Å². The highest BCUT2D eigenvalue weighted by molar-refractivity contribution is 8.00. The van der Waals surface area contributed by atoms with E-state index in [2.05, 4.69) is 11.2 Å². The number of carbonyl (C=O) groups excluding carboxylic acids is 3. The SMILES string of the molecule is C#CCSC1C(NC(c2ccccc2)(c2ccccc2)c2ccccc2)C(=O)N1C(O)C(=O)OC(C)(C)C.COC(OC(=O)c1ccccc1)c1ccccc1. The molecule has 0 bridgehead atoms. The van der Waals surface area contributed by atoms with E-state index in [0.29, 0.717) is 11.3 Å². The van der Waals surface area contributed by atoms with E-state index in [9.17, 15) is 19.5 Å². The number of thioether (sulfide) groups is 1. The first kappa shape index (κ1) is 41.5. The molecular formula is C46H46N2O7S. The summed E-state index contributed by atoms with van der Waals surface area (Å²) in [5, 5.41) is 13.9. The van der Waals surface area contributed by atoms with Gasteiger partial charge in [0.2, 0.25) is 18.4 Å². The Labute approximate surface area is 333 Å². The lowest BCUT2D eigenvalue weighted by atomic mass is 9.76. The Bertz CT molecular complexity index is 1960. The van der Waals surface area contributed by atoms with Crippen LogP contribution in [0.25, 0.3) is 0 Å². The fraction of sp³-hybridized carbons (Fsp3) is 0.239. The predicted molar refractivity (Wildman–Crippen MR) is 218 cm³/mol. The molecule has 1 saturated heterocycles. The maximum absolute atomic E-state index is 13.6. The Balaban J connectivity index is 0.000000278. The smallest absolute Gasteiger partial charge is 0.357 e. The lowest BCUT2D eigenvalue weighted by Crippen LogP contribution is -2.75. The van der Waals surface area contributed by atoms with Crippen LogP contribution in [0.1, 0.15) is 59.7 Å². The van der Waals surface area contributed by atoms with Gasteiger partial charge in [-0.25, -0.2) is 9.59 Å². The number of amides is 1. The molecule has 0 saturated carbocycles. The number of nitrogens with zero attached hydrogens (tertiary/aromatic N) is 1. The average molecular weight is 771 g/mol. The van der Waals surface area contributed by atoms with Crippen molar-refractivity contribution in [3.8, 4) is 12.3 Å². The second-order valence-corrected chi connectivity index (χ2v) is 14.9. The van der Waals surface area contributed by atoms with Crippen molar-refractivity contribution in [2.45, 2.75) is 55.8 Å². The third-order valence-electron chi connectivity index (χ3n) is 8.80. The fourth-order valence-corrected chi connectivity index (χ4v) is 7.33. The number of hydrogen-bond donors (Lipinski definition) is 2. The van der Waals surface area contributed by atoms with Crippen molar-refractivity contribution in [1.29, 1.82) is 0 Å². The largest absolute Gasteiger partial charge is 0.457 e. The van der Waals surface area contributed by atoms with Crippen LogP contribution in [0.5, 0.6) is 0 Å². The molecule has 0 radical (unpaired) electrons. The molecule has 0 aliphatic carbocycles. The number of likely N-dealkylation sites (tertiary alicyclic amines) is 1. The first-order valence-electron chi connectivity index (χ1n) is 18.1. The van der Waals surface area contributed by atoms with E-state index in [-0.39, 0.29) is 0 Å². The summed E-state index contributed by atoms with van der Waals surface area (Å²) in [6.45, 7) is 5.12. The zero-order valence-electron chi connectivity index (χ0n) is 31.8. The van der Waals surface area contributed by atoms with E-state index in [0.717, 1.165) is 27.2 Å². The van der Waals surface area contributed by atoms with Gasteiger partial charge in [0.1, 0.15) is 17.0 Å². The number of nitrogens with one attached hydrogen (secondary N) is 1. The number of carbonyl (C=O) groups is 3. The minimum absolute atomic E-state index is 0.294. The van der Waals surface area contributed by atoms with Gasteiger partial charge in [-0.2, -0.15) is 0 Å². The van der Waals surface area contributed by atoms with Crippen molar-refractivity contribution in [2.24, 2.45) is 0 Å². The fourth-order valence-electron chi connectivity index (χ4n) is 6.31. The molecule has 5 aromatic carbocycles. The van der Waals surface area contributed by atoms with Crippen LogP contribution in [0.3, 0.4) is 0 Å². The number of ether oxygens (including phenoxy) is 3. The zero-order valence-corrected chi connectivity index (χ0v) is 32.6. The predicted octanol–water partition coefficient (Wildman–Crippen LogP) is 7.32. The molecule has 1 aliphatic rings. The first-order valence-corrected chi connectivity index (χ1v) is 19.1. The number of hydrogen-bond acceptors (Lipinski definition) is 9. The first-order chi connectivity index (χ1) is 27.0. The lowest BCUT2D eigenvalue weighted by Gasteiger charge is -2.52. The van der Waals surface area contributed by atoms with Crippen LogP contribution in [0, 0.1) is 12.3 Å². The highest BCUT2D eigenvalue weighted by atomic mass is 32.2. The van der Waals surface area contributed by atoms with Gasteiger partial charge in [0.25, 0.3) is 0 Å². The molecule has 56 heavy (non-hydrogen) atoms. The van der Waals surface area contributed by atoms with Crippen LogP contribution < -0.4 is 5.32 Å². The topological polar surface area (TPSA) is 114 Å². The Hall–Kier alpha value is -5.70. The van der Waals surface area contributed by atoms with Gasteiger partial charge in [0.05, 0.1) is 16.9 Å². The van der Waals surface area contributed by atoms with Crippen LogP contribution in [-0.2, 0) is 29.3 Å². The standard InChI is InChI=1S/C31H32N2O4S.C15H14O3/c1-5-21-38-28-25(26(34)33(28)27(35)29(36)37-30(2,3)4)32-31(22-15-9-6-10-16-22,23-17-11-7-12-18-23)24-19-13-8-14-20-24;1-17-15(13-10-6-3-7-11-13)18-14(16)12-8-4-2-5-9-12/h1,6-20,25,27-28,32,35H,21H2,2-4H3;2-11,15H,1H3. The summed E-state index contributed by atoms with van der Waals surface area (Å²) >= 11 is 1.31. The van der Waals surface area contributed by atoms with Gasteiger partial charge in [-0.1, -0.05) is 145 Å². The highest BCUT2D eigenvalue weighted by Gasteiger charge is 2.56. The molecule has 9 nitrogen and oxygen atoms in total. The van der Waals surface area contributed by atoms with Gasteiger partial charge < -0.3 is 19.3 Å². The third-order valence-corrected chi connectivity index (χ3v) is 9.97. The lowest BCUT2D eigenvalue weighted by molar-refractivity contribution is -0.189. The summed E-state index contributed by atoms with van der Waals surface area (Å²) in [7, 11) is 1.51. The second-order valence-electron chi connectivity index (χ2n) is 13.8. The van der Waals surface area contributed by atoms with Crippen molar-refractivity contribution in [3.05, 3.63) is 179 Å². The monoisotopic (exact) mass is 770 g/mol. The molecular weight excluding hydrogens is 725 g/mol. The summed E-state index contributed by atoms with van der Waals surface area (Å²) in [6.07, 6.45) is 3.13. The molecule has 0 aromatic heterocycles. The van der Waals surface area contributed by atoms with Crippen LogP contribution >= 0.6 is 11.8 Å². The minimum Gasteiger partial charge on any atom is -0.457 e. The molecule has 1 amide bonds. The number of aliphatic hydroxyl groups is 1. The van der Waals surface area contributed by atoms with Gasteiger partial charge in [-0.15, -0.1) is 18.2 Å². The van der Waals surface area contributed by atoms with Crippen LogP contribution in [0.15, 0.2) is 152 Å². The quantitative estimate of drug-likeness (QED) is 0.0418. The van der Waals surface area contributed by atoms with E-state index < -0.39 is 52.9 Å². The Morgan fingerprint density at radius 3 is 1.66 bits per heavy atom. The Morgan fingerprint density at radius 2 is 1.23 bits per heavy atom. The van der Waals surface area contributed by atoms with E-state index >= 15 is 0 Å². The Morgan fingerprint density at radius 1 is 0.786 bits per heavy atom. The summed E-state index contributed by atoms with van der Waals surface area (Å²) in [6, 6.07) is 47.2. The van der Waals surface area contributed by atoms with Crippen LogP contribution in [0.2, 0.25) is 0 Å². The second kappa shape index (κ2) is 19.2. The highest BCUT2D eigenvalue weighted by Crippen LogP contribution is 2.41. The molecule has 1 aliphatic heterocycles. The van der Waals surface area contributed by atoms with Gasteiger partial charge in [-0.05, 0) is 49.6 Å². The Kier molecular flexibility index (Phi) is 14.3. The van der Waals surface area contributed by atoms with Gasteiger partial charge >= 0.3 is 11.9 Å². The molecule has 4 unspecified atom stereocenters. The van der Waals surface area contributed by atoms with Gasteiger partial charge in [0.15, 0.2) is 0 Å². The van der Waals surface area contributed by atoms with Crippen molar-refractivity contribution < 1.29 is 33.7 Å². The van der Waals surface area contributed by atoms with Crippen molar-refractivity contribution in [3.63, 3.8) is 0 Å². The summed E-state index contributed by atoms with van der Waals surface area (Å²) in [5.41, 5.74) is 2.43. The number of β-lactam (4-membered cyclic amide) rings is 1. The van der Waals surface area contributed by atoms with E-state index in [1.54, 1.807) is 45.0 Å². The van der Waals surface area contributed by atoms with Gasteiger partial charge in [-0.3, -0.25) is 15.0 Å². The normalized spacial score (nSPS) is 16.2. The molecule has 0 spiro atoms. The number of benzene rings is 5. The molecule has 288 valence electrons. The maximum Gasteiger partial charge on any atom is 0.357 e. The molecule has 1 heterocycles. The molecule has 5 aromatic rings. The maximum atomic E-state index is 13.6. The minimum atomic E-state index is -1.74. The van der Waals surface area contributed by atoms with E-state index in [4.69, 9.17) is 20.6 Å². The van der Waals surface area contributed by atoms with Crippen molar-refractivity contribution in [1.82, 2.24) is 10.2 Å². The van der Waals surface area contributed by atoms with E-state index in [1.807, 2.05) is 127 Å². The summed E-state index contributed by atoms with van der Waals surface area (Å²) in [5.74, 6) is 1.19. The van der Waals surface area contributed by atoms with Crippen LogP contribution in [-0.4, -0.2) is 64.0 Å². The number of rotatable bonds is 13. The summed E-state index contributed by atoms with van der Waals surface area (Å²) in [4.78, 5) is 39.4. The number of terminal acetylenes is 1. The van der Waals surface area contributed by atoms with Gasteiger partial charge in [0, 0.05) is 12.7 Å². The van der Waals surface area contributed by atoms with Crippen molar-refractivity contribution >= 4 is 29.6 Å². The molecule has 6 rings (SSSR count). The molecule has 4 atom stereocenters. The third kappa shape index (κ3) is 9.93. The molecule has 2 N–H and O–H groups in total. The molecule has 1 fully saturated rings. The van der Waals surface area contributed by atoms with Crippen molar-refractivity contribution in [2.75, 3.05) is 12.9 Å². The van der Waals surface area contributed by atoms with Crippen LogP contribution in [0.4, 0.5) is 0 Å². The molecule has 10 heteroatoms. The summed E-state index contributed by atoms with van der Waals surface area (Å²) < 4.78 is 15.8. The number of methoxy groups -OCH3 is 1. The average Bonchev–Trinajstić information content (AvgIpc) is 3.23. The zero-order chi connectivity index (χ0) is 40.1. The number of esters is 2. The number of aliphatic hydroxyl groups excluding tert-OH is 1.